The Hall–Kier alpha value is -7.80. The maximum atomic E-state index is 13.4. The minimum atomic E-state index is -1.82. The lowest BCUT2D eigenvalue weighted by Gasteiger charge is -2.46. The quantitative estimate of drug-likeness (QED) is 0.0625. The van der Waals surface area contributed by atoms with Crippen LogP contribution in [-0.2, 0) is 72.1 Å². The van der Waals surface area contributed by atoms with E-state index in [-0.39, 0.29) is 48.4 Å². The van der Waals surface area contributed by atoms with E-state index in [0.29, 0.717) is 140 Å². The Morgan fingerprint density at radius 1 is 0.524 bits per heavy atom. The van der Waals surface area contributed by atoms with Gasteiger partial charge in [0.25, 0.3) is 0 Å². The first kappa shape index (κ1) is 65.4. The Kier molecular flexibility index (Phi) is 23.1. The van der Waals surface area contributed by atoms with Crippen molar-refractivity contribution in [1.82, 2.24) is 40.0 Å². The molecular weight excluding hydrogens is 1080 g/mol. The molecule has 0 bridgehead atoms. The number of rotatable bonds is 22. The van der Waals surface area contributed by atoms with Gasteiger partial charge in [0, 0.05) is 103 Å². The lowest BCUT2D eigenvalue weighted by atomic mass is 9.75. The van der Waals surface area contributed by atoms with Crippen molar-refractivity contribution in [1.29, 1.82) is 0 Å². The van der Waals surface area contributed by atoms with Crippen LogP contribution in [0.3, 0.4) is 0 Å². The number of allylic oxidation sites excluding steroid dienone is 2. The Bertz CT molecular complexity index is 2760. The molecule has 6 heterocycles. The SMILES string of the molecule is CCC(=O)N(c1ccccc1)C1(c2nnc(COC)o2)CCN(CCN2C=CC(=O)C(CC)(CC)C2=O)CC1.CCC(=O)N(c1ccccc1)C1(c2nnc(COC)o2)CCN(CCN2C=CC(=O)C(CC)(CC)C2=O)CC1.O=C(O)C(=O)O. The molecule has 2 N–H and O–H groups in total. The van der Waals surface area contributed by atoms with Crippen molar-refractivity contribution in [2.24, 2.45) is 10.8 Å². The molecule has 0 atom stereocenters. The fourth-order valence-corrected chi connectivity index (χ4v) is 11.5. The van der Waals surface area contributed by atoms with Crippen molar-refractivity contribution in [3.05, 3.63) is 109 Å². The number of nitrogens with zero attached hydrogens (tertiary/aromatic N) is 10. The highest BCUT2D eigenvalue weighted by Crippen LogP contribution is 2.44. The summed E-state index contributed by atoms with van der Waals surface area (Å²) in [6, 6.07) is 19.2. The summed E-state index contributed by atoms with van der Waals surface area (Å²) in [5, 5.41) is 31.9. The van der Waals surface area contributed by atoms with Gasteiger partial charge in [-0.25, -0.2) is 9.59 Å². The lowest BCUT2D eigenvalue weighted by molar-refractivity contribution is -0.159. The zero-order valence-corrected chi connectivity index (χ0v) is 49.5. The molecule has 2 aromatic heterocycles. The predicted octanol–water partition coefficient (Wildman–Crippen LogP) is 6.52. The Morgan fingerprint density at radius 3 is 1.14 bits per heavy atom. The number of anilines is 2. The smallest absolute Gasteiger partial charge is 0.414 e. The number of likely N-dealkylation sites (tertiary alicyclic amines) is 2. The van der Waals surface area contributed by atoms with Crippen molar-refractivity contribution in [3.8, 4) is 0 Å². The number of carbonyl (C=O) groups is 8. The molecule has 4 aliphatic heterocycles. The van der Waals surface area contributed by atoms with Gasteiger partial charge in [-0.3, -0.25) is 38.6 Å². The number of amides is 4. The van der Waals surface area contributed by atoms with E-state index in [1.165, 1.54) is 12.2 Å². The number of hydrogen-bond donors (Lipinski definition) is 2. The number of carboxylic acids is 2. The van der Waals surface area contributed by atoms with Gasteiger partial charge in [0.15, 0.2) is 11.6 Å². The zero-order chi connectivity index (χ0) is 61.2. The zero-order valence-electron chi connectivity index (χ0n) is 49.5. The molecule has 4 aromatic rings. The Balaban J connectivity index is 0.000000245. The summed E-state index contributed by atoms with van der Waals surface area (Å²) in [4.78, 5) is 108. The van der Waals surface area contributed by atoms with Gasteiger partial charge in [-0.2, -0.15) is 0 Å². The number of carboxylic acid groups (broad SMARTS) is 2. The molecule has 0 spiro atoms. The lowest BCUT2D eigenvalue weighted by Crippen LogP contribution is -2.57. The van der Waals surface area contributed by atoms with E-state index in [2.05, 4.69) is 30.2 Å². The molecule has 454 valence electrons. The van der Waals surface area contributed by atoms with Crippen LogP contribution in [0.2, 0.25) is 0 Å². The molecule has 24 nitrogen and oxygen atoms in total. The first-order valence-electron chi connectivity index (χ1n) is 28.7. The van der Waals surface area contributed by atoms with E-state index >= 15 is 0 Å². The third-order valence-electron chi connectivity index (χ3n) is 16.6. The number of piperidine rings is 2. The monoisotopic (exact) mass is 1160 g/mol. The normalized spacial score (nSPS) is 18.1. The van der Waals surface area contributed by atoms with Crippen LogP contribution in [0.25, 0.3) is 0 Å². The fourth-order valence-electron chi connectivity index (χ4n) is 11.5. The molecule has 24 heteroatoms. The first-order chi connectivity index (χ1) is 40.3. The summed E-state index contributed by atoms with van der Waals surface area (Å²) in [6.07, 6.45) is 11.3. The van der Waals surface area contributed by atoms with Crippen LogP contribution in [0.4, 0.5) is 11.4 Å². The van der Waals surface area contributed by atoms with Crippen molar-refractivity contribution in [2.75, 3.05) is 76.4 Å². The molecule has 2 aromatic carbocycles. The summed E-state index contributed by atoms with van der Waals surface area (Å²) < 4.78 is 22.5. The molecule has 0 saturated carbocycles. The van der Waals surface area contributed by atoms with E-state index in [4.69, 9.17) is 38.1 Å². The number of ketones is 2. The largest absolute Gasteiger partial charge is 0.473 e. The number of benzene rings is 2. The van der Waals surface area contributed by atoms with Gasteiger partial charge in [0.1, 0.15) is 35.1 Å². The van der Waals surface area contributed by atoms with E-state index in [1.54, 1.807) is 36.4 Å². The van der Waals surface area contributed by atoms with Gasteiger partial charge >= 0.3 is 11.9 Å². The molecule has 2 saturated heterocycles. The summed E-state index contributed by atoms with van der Waals surface area (Å²) in [5.74, 6) is -2.60. The average molecular weight is 1170 g/mol. The van der Waals surface area contributed by atoms with Crippen LogP contribution in [0.15, 0.2) is 94.0 Å². The van der Waals surface area contributed by atoms with Crippen LogP contribution in [0.5, 0.6) is 0 Å². The highest BCUT2D eigenvalue weighted by molar-refractivity contribution is 6.27. The summed E-state index contributed by atoms with van der Waals surface area (Å²) in [6.45, 7) is 16.6. The number of para-hydroxylation sites is 2. The standard InChI is InChI=1S/2C29H39N5O5.C2H2O4/c2*1-5-25(36)34(22-11-9-8-10-12-22)29(26-31-30-24(39-26)21-38-4)14-17-32(18-15-29)19-20-33-16-13-23(35)28(6-2,7-3)27(33)37;3-1(4)2(5)6/h2*8-13,16H,5-7,14-15,17-21H2,1-4H3;(H,3,4)(H,5,6). The van der Waals surface area contributed by atoms with Crippen LogP contribution < -0.4 is 9.80 Å². The topological polar surface area (TPSA) is 293 Å². The van der Waals surface area contributed by atoms with Crippen LogP contribution >= 0.6 is 0 Å². The molecule has 0 radical (unpaired) electrons. The second-order valence-corrected chi connectivity index (χ2v) is 21.0. The van der Waals surface area contributed by atoms with E-state index in [1.807, 2.05) is 112 Å². The maximum absolute atomic E-state index is 13.4. The first-order valence-corrected chi connectivity index (χ1v) is 28.7. The van der Waals surface area contributed by atoms with Gasteiger partial charge in [-0.15, -0.1) is 20.4 Å². The predicted molar refractivity (Wildman–Crippen MR) is 306 cm³/mol. The second kappa shape index (κ2) is 29.6. The number of methoxy groups -OCH3 is 2. The average Bonchev–Trinajstić information content (AvgIpc) is 2.34. The molecular formula is C60H80N10O14. The number of aliphatic carboxylic acids is 2. The minimum absolute atomic E-state index is 0.0228. The van der Waals surface area contributed by atoms with Gasteiger partial charge in [0.2, 0.25) is 47.2 Å². The van der Waals surface area contributed by atoms with Gasteiger partial charge < -0.3 is 48.1 Å². The molecule has 8 rings (SSSR count). The van der Waals surface area contributed by atoms with E-state index in [0.717, 1.165) is 11.4 Å². The summed E-state index contributed by atoms with van der Waals surface area (Å²) in [7, 11) is 3.14. The number of carbonyl (C=O) groups excluding carboxylic acids is 6. The highest BCUT2D eigenvalue weighted by Gasteiger charge is 2.51. The molecule has 4 aliphatic rings. The second-order valence-electron chi connectivity index (χ2n) is 21.0. The number of aromatic nitrogens is 4. The van der Waals surface area contributed by atoms with Crippen LogP contribution in [0, 0.1) is 10.8 Å². The number of ether oxygens (including phenoxy) is 2. The van der Waals surface area contributed by atoms with Crippen molar-refractivity contribution in [2.45, 2.75) is 130 Å². The van der Waals surface area contributed by atoms with Gasteiger partial charge in [-0.05, 0) is 87.8 Å². The highest BCUT2D eigenvalue weighted by atomic mass is 16.5. The molecule has 0 aliphatic carbocycles. The van der Waals surface area contributed by atoms with Crippen molar-refractivity contribution in [3.63, 3.8) is 0 Å². The fraction of sp³-hybridized carbons (Fsp3) is 0.533. The molecule has 4 amide bonds. The van der Waals surface area contributed by atoms with Gasteiger partial charge in [0.05, 0.1) is 0 Å². The van der Waals surface area contributed by atoms with Crippen LogP contribution in [0.1, 0.15) is 129 Å². The summed E-state index contributed by atoms with van der Waals surface area (Å²) in [5.41, 5.74) is -1.96. The third kappa shape index (κ3) is 14.1. The van der Waals surface area contributed by atoms with E-state index < -0.39 is 33.8 Å². The molecule has 2 fully saturated rings. The summed E-state index contributed by atoms with van der Waals surface area (Å²) >= 11 is 0. The Labute approximate surface area is 489 Å². The van der Waals surface area contributed by atoms with Crippen molar-refractivity contribution < 1.29 is 66.9 Å². The number of hydrogen-bond acceptors (Lipinski definition) is 18. The van der Waals surface area contributed by atoms with Gasteiger partial charge in [-0.1, -0.05) is 77.9 Å². The minimum Gasteiger partial charge on any atom is -0.473 e. The van der Waals surface area contributed by atoms with E-state index in [9.17, 15) is 28.8 Å². The third-order valence-corrected chi connectivity index (χ3v) is 16.6. The molecule has 84 heavy (non-hydrogen) atoms. The van der Waals surface area contributed by atoms with Crippen molar-refractivity contribution >= 4 is 58.5 Å². The van der Waals surface area contributed by atoms with Crippen LogP contribution in [-0.4, -0.2) is 164 Å². The molecule has 0 unspecified atom stereocenters. The Morgan fingerprint density at radius 2 is 0.857 bits per heavy atom. The maximum Gasteiger partial charge on any atom is 0.414 e.